The summed E-state index contributed by atoms with van der Waals surface area (Å²) >= 11 is 5.78. The summed E-state index contributed by atoms with van der Waals surface area (Å²) in [7, 11) is 2.06. The fourth-order valence-electron chi connectivity index (χ4n) is 1.99. The lowest BCUT2D eigenvalue weighted by Crippen LogP contribution is -2.32. The summed E-state index contributed by atoms with van der Waals surface area (Å²) in [4.78, 5) is 2.25. The second-order valence-corrected chi connectivity index (χ2v) is 4.73. The van der Waals surface area contributed by atoms with Crippen LogP contribution in [0.5, 0.6) is 0 Å². The van der Waals surface area contributed by atoms with Gasteiger partial charge in [-0.1, -0.05) is 17.7 Å². The van der Waals surface area contributed by atoms with E-state index in [2.05, 4.69) is 11.9 Å². The number of hydrogen-bond donors (Lipinski definition) is 1. The molecule has 2 rings (SSSR count). The Bertz CT molecular complexity index is 379. The fourth-order valence-corrected chi connectivity index (χ4v) is 2.18. The van der Waals surface area contributed by atoms with Crippen molar-refractivity contribution in [2.75, 3.05) is 13.6 Å². The quantitative estimate of drug-likeness (QED) is 0.879. The van der Waals surface area contributed by atoms with E-state index in [-0.39, 0.29) is 16.9 Å². The molecule has 1 aromatic carbocycles. The minimum atomic E-state index is -0.379. The van der Waals surface area contributed by atoms with Gasteiger partial charge in [-0.2, -0.15) is 0 Å². The van der Waals surface area contributed by atoms with E-state index >= 15 is 0 Å². The molecule has 1 aliphatic carbocycles. The van der Waals surface area contributed by atoms with Gasteiger partial charge in [0.15, 0.2) is 0 Å². The predicted octanol–water partition coefficient (Wildman–Crippen LogP) is 2.57. The summed E-state index contributed by atoms with van der Waals surface area (Å²) in [6.07, 6.45) is 2.45. The zero-order valence-electron chi connectivity index (χ0n) is 9.29. The van der Waals surface area contributed by atoms with Crippen LogP contribution in [0.15, 0.2) is 18.2 Å². The molecule has 0 amide bonds. The van der Waals surface area contributed by atoms with Crippen molar-refractivity contribution in [2.24, 2.45) is 5.73 Å². The van der Waals surface area contributed by atoms with Gasteiger partial charge < -0.3 is 5.73 Å². The maximum atomic E-state index is 13.1. The lowest BCUT2D eigenvalue weighted by Gasteiger charge is -2.27. The van der Waals surface area contributed by atoms with Crippen LogP contribution in [0.3, 0.4) is 0 Å². The molecule has 1 aliphatic rings. The third-order valence-electron chi connectivity index (χ3n) is 3.17. The first-order valence-corrected chi connectivity index (χ1v) is 5.88. The molecule has 2 N–H and O–H groups in total. The second kappa shape index (κ2) is 4.70. The number of nitrogens with zero attached hydrogens (tertiary/aromatic N) is 1. The molecule has 1 atom stereocenters. The van der Waals surface area contributed by atoms with Crippen LogP contribution in [0.1, 0.15) is 24.4 Å². The Morgan fingerprint density at radius 2 is 2.25 bits per heavy atom. The average Bonchev–Trinajstić information content (AvgIpc) is 3.07. The number of hydrogen-bond acceptors (Lipinski definition) is 2. The topological polar surface area (TPSA) is 29.3 Å². The number of halogens is 2. The lowest BCUT2D eigenvalue weighted by molar-refractivity contribution is 0.240. The van der Waals surface area contributed by atoms with Gasteiger partial charge >= 0.3 is 0 Å². The van der Waals surface area contributed by atoms with Crippen LogP contribution in [-0.2, 0) is 0 Å². The molecule has 16 heavy (non-hydrogen) atoms. The molecule has 0 heterocycles. The largest absolute Gasteiger partial charge is 0.329 e. The Morgan fingerprint density at radius 3 is 2.75 bits per heavy atom. The van der Waals surface area contributed by atoms with Crippen molar-refractivity contribution < 1.29 is 4.39 Å². The van der Waals surface area contributed by atoms with E-state index in [0.29, 0.717) is 12.6 Å². The SMILES string of the molecule is CN(C1CC1)C(CN)c1ccc(F)c(Cl)c1. The Hall–Kier alpha value is -0.640. The maximum absolute atomic E-state index is 13.1. The van der Waals surface area contributed by atoms with Gasteiger partial charge in [-0.25, -0.2) is 4.39 Å². The Labute approximate surface area is 100 Å². The van der Waals surface area contributed by atoms with Crippen molar-refractivity contribution in [3.8, 4) is 0 Å². The van der Waals surface area contributed by atoms with E-state index in [1.54, 1.807) is 12.1 Å². The van der Waals surface area contributed by atoms with E-state index in [0.717, 1.165) is 5.56 Å². The molecule has 88 valence electrons. The van der Waals surface area contributed by atoms with Crippen molar-refractivity contribution in [2.45, 2.75) is 24.9 Å². The van der Waals surface area contributed by atoms with Crippen molar-refractivity contribution >= 4 is 11.6 Å². The number of likely N-dealkylation sites (N-methyl/N-ethyl adjacent to an activating group) is 1. The Kier molecular flexibility index (Phi) is 3.47. The van der Waals surface area contributed by atoms with Gasteiger partial charge in [-0.15, -0.1) is 0 Å². The highest BCUT2D eigenvalue weighted by Crippen LogP contribution is 2.33. The second-order valence-electron chi connectivity index (χ2n) is 4.32. The smallest absolute Gasteiger partial charge is 0.141 e. The number of benzene rings is 1. The summed E-state index contributed by atoms with van der Waals surface area (Å²) in [6.45, 7) is 0.523. The maximum Gasteiger partial charge on any atom is 0.141 e. The van der Waals surface area contributed by atoms with Crippen molar-refractivity contribution in [1.82, 2.24) is 4.90 Å². The van der Waals surface area contributed by atoms with E-state index < -0.39 is 0 Å². The van der Waals surface area contributed by atoms with Gasteiger partial charge in [-0.05, 0) is 37.6 Å². The first kappa shape index (κ1) is 11.8. The molecule has 0 aromatic heterocycles. The molecule has 4 heteroatoms. The molecule has 2 nitrogen and oxygen atoms in total. The normalized spacial score (nSPS) is 17.8. The zero-order valence-corrected chi connectivity index (χ0v) is 10.0. The average molecular weight is 243 g/mol. The summed E-state index contributed by atoms with van der Waals surface area (Å²) in [6, 6.07) is 5.59. The van der Waals surface area contributed by atoms with Crippen LogP contribution in [0.2, 0.25) is 5.02 Å². The molecular formula is C12H16ClFN2. The summed E-state index contributed by atoms with van der Waals surface area (Å²) in [5.74, 6) is -0.379. The van der Waals surface area contributed by atoms with E-state index in [4.69, 9.17) is 17.3 Å². The number of rotatable bonds is 4. The van der Waals surface area contributed by atoms with E-state index in [1.807, 2.05) is 0 Å². The van der Waals surface area contributed by atoms with Crippen LogP contribution in [0.4, 0.5) is 4.39 Å². The van der Waals surface area contributed by atoms with Crippen LogP contribution < -0.4 is 5.73 Å². The molecule has 1 fully saturated rings. The first-order chi connectivity index (χ1) is 7.63. The molecular weight excluding hydrogens is 227 g/mol. The van der Waals surface area contributed by atoms with Crippen LogP contribution in [-0.4, -0.2) is 24.5 Å². The van der Waals surface area contributed by atoms with Gasteiger partial charge in [0.2, 0.25) is 0 Å². The summed E-state index contributed by atoms with van der Waals surface area (Å²) in [5.41, 5.74) is 6.77. The van der Waals surface area contributed by atoms with Crippen molar-refractivity contribution in [3.05, 3.63) is 34.6 Å². The lowest BCUT2D eigenvalue weighted by atomic mass is 10.1. The third-order valence-corrected chi connectivity index (χ3v) is 3.46. The van der Waals surface area contributed by atoms with Gasteiger partial charge in [-0.3, -0.25) is 4.90 Å². The summed E-state index contributed by atoms with van der Waals surface area (Å²) < 4.78 is 13.1. The molecule has 1 aromatic rings. The fraction of sp³-hybridized carbons (Fsp3) is 0.500. The highest BCUT2D eigenvalue weighted by molar-refractivity contribution is 6.30. The third kappa shape index (κ3) is 2.37. The minimum absolute atomic E-state index is 0.130. The van der Waals surface area contributed by atoms with Gasteiger partial charge in [0.25, 0.3) is 0 Å². The molecule has 0 bridgehead atoms. The molecule has 0 saturated heterocycles. The highest BCUT2D eigenvalue weighted by atomic mass is 35.5. The van der Waals surface area contributed by atoms with Crippen LogP contribution >= 0.6 is 11.6 Å². The van der Waals surface area contributed by atoms with Crippen molar-refractivity contribution in [3.63, 3.8) is 0 Å². The summed E-state index contributed by atoms with van der Waals surface area (Å²) in [5, 5.41) is 0.167. The van der Waals surface area contributed by atoms with Crippen LogP contribution in [0.25, 0.3) is 0 Å². The molecule has 1 saturated carbocycles. The molecule has 0 aliphatic heterocycles. The van der Waals surface area contributed by atoms with Gasteiger partial charge in [0.05, 0.1) is 5.02 Å². The van der Waals surface area contributed by atoms with Gasteiger partial charge in [0, 0.05) is 18.6 Å². The zero-order chi connectivity index (χ0) is 11.7. The number of nitrogens with two attached hydrogens (primary N) is 1. The molecule has 0 spiro atoms. The molecule has 0 radical (unpaired) electrons. The Balaban J connectivity index is 2.21. The van der Waals surface area contributed by atoms with E-state index in [1.165, 1.54) is 18.9 Å². The van der Waals surface area contributed by atoms with Crippen molar-refractivity contribution in [1.29, 1.82) is 0 Å². The predicted molar refractivity (Wildman–Crippen MR) is 64.0 cm³/mol. The standard InChI is InChI=1S/C12H16ClFN2/c1-16(9-3-4-9)12(7-15)8-2-5-11(14)10(13)6-8/h2,5-6,9,12H,3-4,7,15H2,1H3. The minimum Gasteiger partial charge on any atom is -0.329 e. The monoisotopic (exact) mass is 242 g/mol. The first-order valence-electron chi connectivity index (χ1n) is 5.50. The Morgan fingerprint density at radius 1 is 1.56 bits per heavy atom. The molecule has 1 unspecified atom stereocenters. The van der Waals surface area contributed by atoms with Crippen LogP contribution in [0, 0.1) is 5.82 Å². The van der Waals surface area contributed by atoms with Gasteiger partial charge in [0.1, 0.15) is 5.82 Å². The van der Waals surface area contributed by atoms with E-state index in [9.17, 15) is 4.39 Å². The highest BCUT2D eigenvalue weighted by Gasteiger charge is 2.31.